The number of hydrogen-bond acceptors (Lipinski definition) is 0. The molecule has 0 nitrogen and oxygen atoms in total. The second kappa shape index (κ2) is 7.89. The Hall–Kier alpha value is -2.37. The van der Waals surface area contributed by atoms with E-state index in [0.717, 1.165) is 0 Å². The molecule has 1 heteroatoms. The molecule has 0 aliphatic heterocycles. The van der Waals surface area contributed by atoms with Gasteiger partial charge < -0.3 is 0 Å². The van der Waals surface area contributed by atoms with Crippen molar-refractivity contribution in [3.8, 4) is 22.3 Å². The van der Waals surface area contributed by atoms with Gasteiger partial charge in [-0.3, -0.25) is 0 Å². The standard InChI is InChI=1S/C25H18.Zr/c1-3-7-22(8-4-1)24-15-11-20(12-16-24)19-21-13-17-25(18-14-21)23-9-5-2-6-10-23;/h1-18H;/q;+2. The molecule has 0 spiro atoms. The third-order valence-corrected chi connectivity index (χ3v) is 5.98. The molecule has 0 N–H and O–H groups in total. The number of benzene rings is 4. The maximum atomic E-state index is 2.23. The van der Waals surface area contributed by atoms with Crippen LogP contribution in [-0.4, -0.2) is 3.21 Å². The van der Waals surface area contributed by atoms with Crippen LogP contribution >= 0.6 is 0 Å². The van der Waals surface area contributed by atoms with Crippen LogP contribution in [0.1, 0.15) is 11.1 Å². The molecule has 4 aromatic rings. The Balaban J connectivity index is 1.56. The molecule has 0 unspecified atom stereocenters. The summed E-state index contributed by atoms with van der Waals surface area (Å²) < 4.78 is 1.39. The molecule has 0 fully saturated rings. The minimum absolute atomic E-state index is 1.26. The van der Waals surface area contributed by atoms with E-state index in [9.17, 15) is 0 Å². The van der Waals surface area contributed by atoms with Gasteiger partial charge in [-0.25, -0.2) is 0 Å². The van der Waals surface area contributed by atoms with Gasteiger partial charge in [-0.15, -0.1) is 0 Å². The van der Waals surface area contributed by atoms with Crippen LogP contribution in [0.2, 0.25) is 0 Å². The maximum absolute atomic E-state index is 2.23. The van der Waals surface area contributed by atoms with E-state index < -0.39 is 0 Å². The van der Waals surface area contributed by atoms with E-state index in [0.29, 0.717) is 0 Å². The van der Waals surface area contributed by atoms with Crippen LogP contribution in [0.4, 0.5) is 0 Å². The normalized spacial score (nSPS) is 10.5. The molecule has 0 aromatic heterocycles. The zero-order valence-electron chi connectivity index (χ0n) is 14.4. The Labute approximate surface area is 169 Å². The molecular formula is C25H18Zr+2. The van der Waals surface area contributed by atoms with Gasteiger partial charge in [0, 0.05) is 0 Å². The van der Waals surface area contributed by atoms with Gasteiger partial charge in [-0.1, -0.05) is 0 Å². The van der Waals surface area contributed by atoms with Gasteiger partial charge in [-0.05, 0) is 0 Å². The van der Waals surface area contributed by atoms with Crippen LogP contribution in [0.5, 0.6) is 0 Å². The van der Waals surface area contributed by atoms with Crippen molar-refractivity contribution in [1.82, 2.24) is 0 Å². The number of rotatable bonds is 4. The summed E-state index contributed by atoms with van der Waals surface area (Å²) in [6.45, 7) is 0. The summed E-state index contributed by atoms with van der Waals surface area (Å²) in [5, 5.41) is 0. The summed E-state index contributed by atoms with van der Waals surface area (Å²) in [4.78, 5) is 0. The first kappa shape index (κ1) is 17.1. The first-order chi connectivity index (χ1) is 12.8. The van der Waals surface area contributed by atoms with Gasteiger partial charge in [0.1, 0.15) is 0 Å². The van der Waals surface area contributed by atoms with Gasteiger partial charge >= 0.3 is 170 Å². The van der Waals surface area contributed by atoms with Crippen molar-refractivity contribution >= 4 is 3.21 Å². The molecule has 0 heterocycles. The van der Waals surface area contributed by atoms with Crippen LogP contribution in [0, 0.1) is 0 Å². The summed E-state index contributed by atoms with van der Waals surface area (Å²) in [7, 11) is 0. The zero-order chi connectivity index (χ0) is 17.8. The summed E-state index contributed by atoms with van der Waals surface area (Å²) >= 11 is 1.43. The fraction of sp³-hybridized carbons (Fsp3) is 0. The fourth-order valence-electron chi connectivity index (χ4n) is 3.09. The fourth-order valence-corrected chi connectivity index (χ4v) is 3.91. The van der Waals surface area contributed by atoms with E-state index in [-0.39, 0.29) is 0 Å². The molecule has 0 aliphatic rings. The van der Waals surface area contributed by atoms with Crippen LogP contribution in [0.25, 0.3) is 22.3 Å². The van der Waals surface area contributed by atoms with Gasteiger partial charge in [0.2, 0.25) is 0 Å². The van der Waals surface area contributed by atoms with Gasteiger partial charge in [0.15, 0.2) is 0 Å². The Morgan fingerprint density at radius 1 is 0.385 bits per heavy atom. The van der Waals surface area contributed by atoms with Crippen molar-refractivity contribution in [2.24, 2.45) is 0 Å². The van der Waals surface area contributed by atoms with Gasteiger partial charge in [0.25, 0.3) is 0 Å². The Morgan fingerprint density at radius 3 is 1.04 bits per heavy atom. The molecule has 0 aliphatic carbocycles. The van der Waals surface area contributed by atoms with E-state index >= 15 is 0 Å². The number of hydrogen-bond donors (Lipinski definition) is 0. The third kappa shape index (κ3) is 3.74. The summed E-state index contributed by atoms with van der Waals surface area (Å²) in [6, 6.07) is 38.8. The molecule has 26 heavy (non-hydrogen) atoms. The molecule has 4 aromatic carbocycles. The van der Waals surface area contributed by atoms with Crippen LogP contribution in [0.3, 0.4) is 0 Å². The van der Waals surface area contributed by atoms with Crippen molar-refractivity contribution in [1.29, 1.82) is 0 Å². The van der Waals surface area contributed by atoms with Crippen molar-refractivity contribution in [2.45, 2.75) is 0 Å². The Bertz CT molecular complexity index is 914. The predicted octanol–water partition coefficient (Wildman–Crippen LogP) is 6.14. The van der Waals surface area contributed by atoms with Gasteiger partial charge in [-0.2, -0.15) is 0 Å². The second-order valence-electron chi connectivity index (χ2n) is 6.26. The zero-order valence-corrected chi connectivity index (χ0v) is 16.9. The van der Waals surface area contributed by atoms with E-state index in [1.54, 1.807) is 0 Å². The van der Waals surface area contributed by atoms with Crippen LogP contribution < -0.4 is 0 Å². The average molecular weight is 410 g/mol. The molecule has 4 rings (SSSR count). The monoisotopic (exact) mass is 408 g/mol. The molecule has 0 saturated heterocycles. The first-order valence-corrected chi connectivity index (χ1v) is 9.94. The average Bonchev–Trinajstić information content (AvgIpc) is 2.75. The molecular weight excluding hydrogens is 391 g/mol. The summed E-state index contributed by atoms with van der Waals surface area (Å²) in [6.07, 6.45) is 0. The summed E-state index contributed by atoms with van der Waals surface area (Å²) in [5.41, 5.74) is 7.65. The van der Waals surface area contributed by atoms with Crippen LogP contribution in [0.15, 0.2) is 109 Å². The van der Waals surface area contributed by atoms with Crippen molar-refractivity contribution in [2.75, 3.05) is 0 Å². The summed E-state index contributed by atoms with van der Waals surface area (Å²) in [5.74, 6) is 0. The SMILES string of the molecule is [Zr+2]=[C](c1ccc(-c2ccccc2)cc1)c1ccc(-c2ccccc2)cc1. The van der Waals surface area contributed by atoms with Crippen molar-refractivity contribution in [3.63, 3.8) is 0 Å². The van der Waals surface area contributed by atoms with E-state index in [1.807, 2.05) is 0 Å². The molecule has 0 radical (unpaired) electrons. The third-order valence-electron chi connectivity index (χ3n) is 4.56. The first-order valence-electron chi connectivity index (χ1n) is 8.71. The van der Waals surface area contributed by atoms with E-state index in [2.05, 4.69) is 109 Å². The predicted molar refractivity (Wildman–Crippen MR) is 107 cm³/mol. The molecule has 0 atom stereocenters. The Morgan fingerprint density at radius 2 is 0.692 bits per heavy atom. The van der Waals surface area contributed by atoms with E-state index in [1.165, 1.54) is 60.8 Å². The van der Waals surface area contributed by atoms with Crippen LogP contribution in [-0.2, 0) is 24.2 Å². The quantitative estimate of drug-likeness (QED) is 0.380. The van der Waals surface area contributed by atoms with E-state index in [4.69, 9.17) is 0 Å². The topological polar surface area (TPSA) is 0 Å². The van der Waals surface area contributed by atoms with Crippen molar-refractivity contribution < 1.29 is 24.2 Å². The second-order valence-corrected chi connectivity index (χ2v) is 7.49. The Kier molecular flexibility index (Phi) is 5.18. The molecule has 0 bridgehead atoms. The van der Waals surface area contributed by atoms with Crippen molar-refractivity contribution in [3.05, 3.63) is 120 Å². The molecule has 0 saturated carbocycles. The molecule has 120 valence electrons. The van der Waals surface area contributed by atoms with Gasteiger partial charge in [0.05, 0.1) is 0 Å². The minimum atomic E-state index is 1.26. The molecule has 0 amide bonds.